The largest absolute Gasteiger partial charge is 0.481 e. The van der Waals surface area contributed by atoms with Crippen molar-refractivity contribution < 1.29 is 23.1 Å². The summed E-state index contributed by atoms with van der Waals surface area (Å²) < 4.78 is 25.8. The van der Waals surface area contributed by atoms with Crippen LogP contribution in [0.4, 0.5) is 5.69 Å². The lowest BCUT2D eigenvalue weighted by Crippen LogP contribution is -2.32. The van der Waals surface area contributed by atoms with E-state index in [4.69, 9.17) is 5.11 Å². The Bertz CT molecular complexity index is 610. The van der Waals surface area contributed by atoms with Crippen molar-refractivity contribution in [1.29, 1.82) is 0 Å². The van der Waals surface area contributed by atoms with Gasteiger partial charge in [-0.3, -0.25) is 9.59 Å². The molecule has 1 rings (SSSR count). The number of carbonyl (C=O) groups excluding carboxylic acids is 1. The SMILES string of the molecule is CCN(CCC(=O)O)S(=O)(=O)c1ccc(NC(C)=O)cc1. The smallest absolute Gasteiger partial charge is 0.304 e. The third-order valence-corrected chi connectivity index (χ3v) is 4.73. The van der Waals surface area contributed by atoms with Crippen molar-refractivity contribution in [3.8, 4) is 0 Å². The highest BCUT2D eigenvalue weighted by Crippen LogP contribution is 2.18. The van der Waals surface area contributed by atoms with Crippen molar-refractivity contribution >= 4 is 27.6 Å². The molecule has 2 N–H and O–H groups in total. The summed E-state index contributed by atoms with van der Waals surface area (Å²) in [4.78, 5) is 21.5. The number of anilines is 1. The number of carboxylic acid groups (broad SMARTS) is 1. The van der Waals surface area contributed by atoms with Gasteiger partial charge in [0.15, 0.2) is 0 Å². The van der Waals surface area contributed by atoms with E-state index in [-0.39, 0.29) is 30.3 Å². The predicted molar refractivity (Wildman–Crippen MR) is 77.4 cm³/mol. The molecule has 0 heterocycles. The first-order chi connectivity index (χ1) is 9.77. The summed E-state index contributed by atoms with van der Waals surface area (Å²) in [5.74, 6) is -1.30. The Balaban J connectivity index is 2.94. The molecule has 0 aliphatic carbocycles. The van der Waals surface area contributed by atoms with Gasteiger partial charge < -0.3 is 10.4 Å². The lowest BCUT2D eigenvalue weighted by molar-refractivity contribution is -0.137. The number of benzene rings is 1. The molecule has 0 atom stereocenters. The number of amides is 1. The van der Waals surface area contributed by atoms with E-state index < -0.39 is 16.0 Å². The van der Waals surface area contributed by atoms with Crippen molar-refractivity contribution in [2.75, 3.05) is 18.4 Å². The first-order valence-electron chi connectivity index (χ1n) is 6.37. The van der Waals surface area contributed by atoms with Gasteiger partial charge in [-0.05, 0) is 24.3 Å². The molecule has 21 heavy (non-hydrogen) atoms. The molecule has 0 saturated heterocycles. The predicted octanol–water partition coefficient (Wildman–Crippen LogP) is 1.13. The summed E-state index contributed by atoms with van der Waals surface area (Å²) in [5.41, 5.74) is 0.495. The van der Waals surface area contributed by atoms with Gasteiger partial charge >= 0.3 is 5.97 Å². The molecule has 7 nitrogen and oxygen atoms in total. The normalized spacial score (nSPS) is 11.4. The summed E-state index contributed by atoms with van der Waals surface area (Å²) in [6.45, 7) is 3.10. The second-order valence-electron chi connectivity index (χ2n) is 4.35. The van der Waals surface area contributed by atoms with E-state index in [2.05, 4.69) is 5.32 Å². The highest BCUT2D eigenvalue weighted by Gasteiger charge is 2.23. The van der Waals surface area contributed by atoms with Crippen LogP contribution in [0.25, 0.3) is 0 Å². The van der Waals surface area contributed by atoms with Crippen LogP contribution in [0, 0.1) is 0 Å². The fourth-order valence-electron chi connectivity index (χ4n) is 1.73. The zero-order valence-corrected chi connectivity index (χ0v) is 12.7. The number of nitrogens with one attached hydrogen (secondary N) is 1. The van der Waals surface area contributed by atoms with E-state index in [1.165, 1.54) is 31.2 Å². The Kier molecular flexibility index (Phi) is 5.86. The van der Waals surface area contributed by atoms with E-state index >= 15 is 0 Å². The van der Waals surface area contributed by atoms with Gasteiger partial charge in [-0.1, -0.05) is 6.92 Å². The Morgan fingerprint density at radius 1 is 1.24 bits per heavy atom. The quantitative estimate of drug-likeness (QED) is 0.785. The molecule has 1 aromatic carbocycles. The second-order valence-corrected chi connectivity index (χ2v) is 6.28. The molecular weight excluding hydrogens is 296 g/mol. The molecule has 0 bridgehead atoms. The monoisotopic (exact) mass is 314 g/mol. The average Bonchev–Trinajstić information content (AvgIpc) is 2.38. The summed E-state index contributed by atoms with van der Waals surface area (Å²) in [7, 11) is -3.73. The summed E-state index contributed by atoms with van der Waals surface area (Å²) in [6, 6.07) is 5.73. The number of nitrogens with zero attached hydrogens (tertiary/aromatic N) is 1. The zero-order chi connectivity index (χ0) is 16.0. The Labute approximate surface area is 123 Å². The van der Waals surface area contributed by atoms with Crippen molar-refractivity contribution in [2.24, 2.45) is 0 Å². The molecule has 8 heteroatoms. The minimum Gasteiger partial charge on any atom is -0.481 e. The van der Waals surface area contributed by atoms with Crippen molar-refractivity contribution in [3.63, 3.8) is 0 Å². The molecule has 116 valence electrons. The Hall–Kier alpha value is -1.93. The van der Waals surface area contributed by atoms with Gasteiger partial charge in [0.2, 0.25) is 15.9 Å². The van der Waals surface area contributed by atoms with Crippen LogP contribution in [0.3, 0.4) is 0 Å². The highest BCUT2D eigenvalue weighted by atomic mass is 32.2. The van der Waals surface area contributed by atoms with Gasteiger partial charge in [0.05, 0.1) is 11.3 Å². The number of aliphatic carboxylic acids is 1. The molecular formula is C13H18N2O5S. The average molecular weight is 314 g/mol. The van der Waals surface area contributed by atoms with Gasteiger partial charge in [0.25, 0.3) is 0 Å². The maximum Gasteiger partial charge on any atom is 0.304 e. The van der Waals surface area contributed by atoms with Crippen molar-refractivity contribution in [1.82, 2.24) is 4.31 Å². The molecule has 0 spiro atoms. The van der Waals surface area contributed by atoms with Gasteiger partial charge in [-0.2, -0.15) is 4.31 Å². The first kappa shape index (κ1) is 17.1. The molecule has 1 aromatic rings. The van der Waals surface area contributed by atoms with E-state index in [0.29, 0.717) is 5.69 Å². The second kappa shape index (κ2) is 7.19. The van der Waals surface area contributed by atoms with E-state index in [9.17, 15) is 18.0 Å². The van der Waals surface area contributed by atoms with E-state index in [1.807, 2.05) is 0 Å². The lowest BCUT2D eigenvalue weighted by atomic mass is 10.3. The van der Waals surface area contributed by atoms with Gasteiger partial charge in [-0.25, -0.2) is 8.42 Å². The van der Waals surface area contributed by atoms with E-state index in [1.54, 1.807) is 6.92 Å². The highest BCUT2D eigenvalue weighted by molar-refractivity contribution is 7.89. The number of rotatable bonds is 7. The van der Waals surface area contributed by atoms with Crippen molar-refractivity contribution in [3.05, 3.63) is 24.3 Å². The molecule has 0 saturated carbocycles. The number of hydrogen-bond acceptors (Lipinski definition) is 4. The summed E-state index contributed by atoms with van der Waals surface area (Å²) >= 11 is 0. The van der Waals surface area contributed by atoms with Crippen LogP contribution in [-0.4, -0.2) is 42.8 Å². The molecule has 1 amide bonds. The molecule has 0 aliphatic heterocycles. The molecule has 0 unspecified atom stereocenters. The third-order valence-electron chi connectivity index (χ3n) is 2.74. The van der Waals surface area contributed by atoms with Crippen LogP contribution in [-0.2, 0) is 19.6 Å². The zero-order valence-electron chi connectivity index (χ0n) is 11.9. The fraction of sp³-hybridized carbons (Fsp3) is 0.385. The number of hydrogen-bond donors (Lipinski definition) is 2. The van der Waals surface area contributed by atoms with Crippen LogP contribution in [0.15, 0.2) is 29.2 Å². The topological polar surface area (TPSA) is 104 Å². The Morgan fingerprint density at radius 3 is 2.24 bits per heavy atom. The van der Waals surface area contributed by atoms with Crippen LogP contribution in [0.1, 0.15) is 20.3 Å². The van der Waals surface area contributed by atoms with Crippen LogP contribution < -0.4 is 5.32 Å². The number of sulfonamides is 1. The summed E-state index contributed by atoms with van der Waals surface area (Å²) in [5, 5.41) is 11.2. The third kappa shape index (κ3) is 4.83. The number of carboxylic acids is 1. The van der Waals surface area contributed by atoms with Crippen LogP contribution in [0.2, 0.25) is 0 Å². The lowest BCUT2D eigenvalue weighted by Gasteiger charge is -2.19. The fourth-order valence-corrected chi connectivity index (χ4v) is 3.18. The maximum absolute atomic E-state index is 12.4. The van der Waals surface area contributed by atoms with Gasteiger partial charge in [0, 0.05) is 25.7 Å². The van der Waals surface area contributed by atoms with Gasteiger partial charge in [-0.15, -0.1) is 0 Å². The van der Waals surface area contributed by atoms with Gasteiger partial charge in [0.1, 0.15) is 0 Å². The molecule has 0 fully saturated rings. The minimum absolute atomic E-state index is 0.0591. The Morgan fingerprint density at radius 2 is 1.81 bits per heavy atom. The molecule has 0 aromatic heterocycles. The van der Waals surface area contributed by atoms with Crippen molar-refractivity contribution in [2.45, 2.75) is 25.2 Å². The van der Waals surface area contributed by atoms with Crippen LogP contribution >= 0.6 is 0 Å². The van der Waals surface area contributed by atoms with Crippen LogP contribution in [0.5, 0.6) is 0 Å². The maximum atomic E-state index is 12.4. The first-order valence-corrected chi connectivity index (χ1v) is 7.81. The van der Waals surface area contributed by atoms with E-state index in [0.717, 1.165) is 4.31 Å². The number of carbonyl (C=O) groups is 2. The molecule has 0 radical (unpaired) electrons. The molecule has 0 aliphatic rings. The standard InChI is InChI=1S/C13H18N2O5S/c1-3-15(9-8-13(17)18)21(19,20)12-6-4-11(5-7-12)14-10(2)16/h4-7H,3,8-9H2,1-2H3,(H,14,16)(H,17,18). The summed E-state index contributed by atoms with van der Waals surface area (Å²) in [6.07, 6.45) is -0.253. The minimum atomic E-state index is -3.73.